The highest BCUT2D eigenvalue weighted by Crippen LogP contribution is 2.53. The molecule has 0 bridgehead atoms. The third kappa shape index (κ3) is 4.57. The van der Waals surface area contributed by atoms with Crippen LogP contribution in [0.2, 0.25) is 0 Å². The van der Waals surface area contributed by atoms with Crippen LogP contribution in [0.15, 0.2) is 170 Å². The highest BCUT2D eigenvalue weighted by Gasteiger charge is 2.37. The lowest BCUT2D eigenvalue weighted by atomic mass is 9.78. The maximum atomic E-state index is 5.38. The molecule has 2 nitrogen and oxygen atoms in total. The van der Waals surface area contributed by atoms with Gasteiger partial charge in [-0.3, -0.25) is 0 Å². The van der Waals surface area contributed by atoms with Crippen molar-refractivity contribution in [2.24, 2.45) is 0 Å². The van der Waals surface area contributed by atoms with E-state index in [0.717, 1.165) is 39.3 Å². The monoisotopic (exact) mass is 650 g/mol. The van der Waals surface area contributed by atoms with Crippen molar-refractivity contribution < 1.29 is 0 Å². The zero-order valence-corrected chi connectivity index (χ0v) is 28.6. The summed E-state index contributed by atoms with van der Waals surface area (Å²) in [7, 11) is 0. The molecular weight excluding hydrogens is 617 g/mol. The van der Waals surface area contributed by atoms with Crippen molar-refractivity contribution in [3.8, 4) is 56.2 Å². The predicted octanol–water partition coefficient (Wildman–Crippen LogP) is 12.9. The van der Waals surface area contributed by atoms with Crippen molar-refractivity contribution in [1.29, 1.82) is 0 Å². The summed E-state index contributed by atoms with van der Waals surface area (Å²) < 4.78 is 0. The topological polar surface area (TPSA) is 25.8 Å². The summed E-state index contributed by atoms with van der Waals surface area (Å²) in [5.74, 6) is 0.723. The molecule has 1 heterocycles. The summed E-state index contributed by atoms with van der Waals surface area (Å²) >= 11 is 0. The van der Waals surface area contributed by atoms with Crippen LogP contribution in [0.4, 0.5) is 0 Å². The standard InChI is InChI=1S/C49H34N2/c1-49(2)44-27-10-9-22-38(44)42-25-13-24-41(47(42)49)37-28-29-40(36-21-8-7-20-35(36)37)46-30-45(39-23-11-16-31-14-3-5-18-33(31)39)50-48(51-46)43-26-12-17-32-15-4-6-19-34(32)43/h3-30H,1-2H3. The van der Waals surface area contributed by atoms with E-state index in [1.54, 1.807) is 0 Å². The van der Waals surface area contributed by atoms with Gasteiger partial charge < -0.3 is 0 Å². The average Bonchev–Trinajstić information content (AvgIpc) is 3.43. The van der Waals surface area contributed by atoms with Crippen LogP contribution in [-0.4, -0.2) is 9.97 Å². The zero-order valence-electron chi connectivity index (χ0n) is 28.6. The Bertz CT molecular complexity index is 2740. The molecule has 51 heavy (non-hydrogen) atoms. The molecule has 1 aromatic heterocycles. The summed E-state index contributed by atoms with van der Waals surface area (Å²) in [6.45, 7) is 4.73. The number of rotatable bonds is 4. The summed E-state index contributed by atoms with van der Waals surface area (Å²) in [4.78, 5) is 10.7. The third-order valence-corrected chi connectivity index (χ3v) is 10.9. The SMILES string of the molecule is CC1(C)c2ccccc2-c2cccc(-c3ccc(-c4cc(-c5cccc6ccccc56)nc(-c5cccc6ccccc56)n4)c4ccccc34)c21. The molecule has 0 fully saturated rings. The van der Waals surface area contributed by atoms with Gasteiger partial charge in [0, 0.05) is 22.1 Å². The molecule has 0 atom stereocenters. The van der Waals surface area contributed by atoms with E-state index in [-0.39, 0.29) is 5.41 Å². The minimum atomic E-state index is -0.115. The third-order valence-electron chi connectivity index (χ3n) is 10.9. The van der Waals surface area contributed by atoms with Crippen LogP contribution in [0.1, 0.15) is 25.0 Å². The minimum absolute atomic E-state index is 0.115. The number of nitrogens with zero attached hydrogens (tertiary/aromatic N) is 2. The number of fused-ring (bicyclic) bond motifs is 6. The molecule has 8 aromatic carbocycles. The van der Waals surface area contributed by atoms with Crippen LogP contribution < -0.4 is 0 Å². The first kappa shape index (κ1) is 29.5. The smallest absolute Gasteiger partial charge is 0.161 e. The molecule has 240 valence electrons. The number of hydrogen-bond acceptors (Lipinski definition) is 2. The van der Waals surface area contributed by atoms with Crippen LogP contribution in [-0.2, 0) is 5.41 Å². The van der Waals surface area contributed by atoms with Crippen molar-refractivity contribution >= 4 is 32.3 Å². The summed E-state index contributed by atoms with van der Waals surface area (Å²) in [5, 5.41) is 7.07. The van der Waals surface area contributed by atoms with Crippen LogP contribution in [0, 0.1) is 0 Å². The first-order valence-corrected chi connectivity index (χ1v) is 17.7. The van der Waals surface area contributed by atoms with Crippen molar-refractivity contribution in [3.63, 3.8) is 0 Å². The summed E-state index contributed by atoms with van der Waals surface area (Å²) in [6.07, 6.45) is 0. The molecule has 0 radical (unpaired) electrons. The molecule has 9 aromatic rings. The second-order valence-electron chi connectivity index (χ2n) is 14.1. The quantitative estimate of drug-likeness (QED) is 0.189. The minimum Gasteiger partial charge on any atom is -0.228 e. The molecule has 0 spiro atoms. The number of aromatic nitrogens is 2. The number of hydrogen-bond donors (Lipinski definition) is 0. The van der Waals surface area contributed by atoms with E-state index in [9.17, 15) is 0 Å². The summed E-state index contributed by atoms with van der Waals surface area (Å²) in [6, 6.07) is 61.2. The van der Waals surface area contributed by atoms with Gasteiger partial charge in [0.25, 0.3) is 0 Å². The highest BCUT2D eigenvalue weighted by molar-refractivity contribution is 6.07. The molecule has 0 saturated heterocycles. The van der Waals surface area contributed by atoms with Gasteiger partial charge in [-0.25, -0.2) is 9.97 Å². The van der Waals surface area contributed by atoms with E-state index in [0.29, 0.717) is 0 Å². The van der Waals surface area contributed by atoms with E-state index < -0.39 is 0 Å². The molecule has 1 aliphatic rings. The lowest BCUT2D eigenvalue weighted by Crippen LogP contribution is -2.16. The Morgan fingerprint density at radius 3 is 1.49 bits per heavy atom. The van der Waals surface area contributed by atoms with Crippen LogP contribution in [0.5, 0.6) is 0 Å². The Labute approximate surface area is 297 Å². The second kappa shape index (κ2) is 11.3. The fourth-order valence-electron chi connectivity index (χ4n) is 8.54. The second-order valence-corrected chi connectivity index (χ2v) is 14.1. The maximum Gasteiger partial charge on any atom is 0.161 e. The van der Waals surface area contributed by atoms with Gasteiger partial charge in [-0.05, 0) is 71.8 Å². The van der Waals surface area contributed by atoms with Gasteiger partial charge >= 0.3 is 0 Å². The van der Waals surface area contributed by atoms with Gasteiger partial charge in [0.05, 0.1) is 11.4 Å². The van der Waals surface area contributed by atoms with Gasteiger partial charge in [-0.1, -0.05) is 178 Å². The van der Waals surface area contributed by atoms with Gasteiger partial charge in [-0.2, -0.15) is 0 Å². The Morgan fingerprint density at radius 2 is 0.784 bits per heavy atom. The fourth-order valence-corrected chi connectivity index (χ4v) is 8.54. The van der Waals surface area contributed by atoms with E-state index >= 15 is 0 Å². The molecule has 1 aliphatic carbocycles. The van der Waals surface area contributed by atoms with Gasteiger partial charge in [0.1, 0.15) is 0 Å². The molecule has 0 N–H and O–H groups in total. The Morgan fingerprint density at radius 1 is 0.353 bits per heavy atom. The van der Waals surface area contributed by atoms with Crippen molar-refractivity contribution in [2.75, 3.05) is 0 Å². The normalized spacial score (nSPS) is 13.1. The van der Waals surface area contributed by atoms with Gasteiger partial charge in [-0.15, -0.1) is 0 Å². The molecular formula is C49H34N2. The number of benzene rings is 8. The maximum absolute atomic E-state index is 5.38. The van der Waals surface area contributed by atoms with Crippen LogP contribution in [0.25, 0.3) is 88.5 Å². The summed E-state index contributed by atoms with van der Waals surface area (Å²) in [5.41, 5.74) is 12.9. The van der Waals surface area contributed by atoms with E-state index in [4.69, 9.17) is 9.97 Å². The average molecular weight is 651 g/mol. The Balaban J connectivity index is 1.22. The highest BCUT2D eigenvalue weighted by atomic mass is 14.9. The largest absolute Gasteiger partial charge is 0.228 e. The van der Waals surface area contributed by atoms with Crippen LogP contribution >= 0.6 is 0 Å². The van der Waals surface area contributed by atoms with Crippen molar-refractivity contribution in [2.45, 2.75) is 19.3 Å². The van der Waals surface area contributed by atoms with Gasteiger partial charge in [0.15, 0.2) is 5.82 Å². The van der Waals surface area contributed by atoms with E-state index in [2.05, 4.69) is 184 Å². The zero-order chi connectivity index (χ0) is 34.1. The fraction of sp³-hybridized carbons (Fsp3) is 0.0612. The van der Waals surface area contributed by atoms with E-state index in [1.165, 1.54) is 60.3 Å². The molecule has 0 aliphatic heterocycles. The van der Waals surface area contributed by atoms with E-state index in [1.807, 2.05) is 0 Å². The Kier molecular flexibility index (Phi) is 6.56. The molecule has 0 unspecified atom stereocenters. The lowest BCUT2D eigenvalue weighted by molar-refractivity contribution is 0.662. The predicted molar refractivity (Wildman–Crippen MR) is 214 cm³/mol. The molecule has 10 rings (SSSR count). The van der Waals surface area contributed by atoms with Crippen LogP contribution in [0.3, 0.4) is 0 Å². The molecule has 0 saturated carbocycles. The Hall–Kier alpha value is -6.38. The molecule has 0 amide bonds. The van der Waals surface area contributed by atoms with Gasteiger partial charge in [0.2, 0.25) is 0 Å². The van der Waals surface area contributed by atoms with Crippen molar-refractivity contribution in [3.05, 3.63) is 181 Å². The first-order valence-electron chi connectivity index (χ1n) is 17.7. The van der Waals surface area contributed by atoms with Crippen molar-refractivity contribution in [1.82, 2.24) is 9.97 Å². The lowest BCUT2D eigenvalue weighted by Gasteiger charge is -2.25. The first-order chi connectivity index (χ1) is 25.1. The molecule has 2 heteroatoms.